The molecule has 1 aliphatic heterocycles. The van der Waals surface area contributed by atoms with Crippen molar-refractivity contribution in [3.63, 3.8) is 0 Å². The molecule has 0 radical (unpaired) electrons. The third kappa shape index (κ3) is 5.81. The van der Waals surface area contributed by atoms with E-state index in [1.54, 1.807) is 25.1 Å². The summed E-state index contributed by atoms with van der Waals surface area (Å²) in [5.74, 6) is -0.946. The highest BCUT2D eigenvalue weighted by molar-refractivity contribution is 6.31. The van der Waals surface area contributed by atoms with Crippen molar-refractivity contribution in [3.8, 4) is 0 Å². The first-order valence-corrected chi connectivity index (χ1v) is 9.76. The summed E-state index contributed by atoms with van der Waals surface area (Å²) in [5.41, 5.74) is 1.12. The highest BCUT2D eigenvalue weighted by Gasteiger charge is 2.43. The number of benzene rings is 2. The number of hydrogen-bond donors (Lipinski definition) is 1. The van der Waals surface area contributed by atoms with Crippen molar-refractivity contribution in [2.45, 2.75) is 25.5 Å². The molecular formula is C22H22ClNO6. The number of alkyl carbamates (subject to hydrolysis) is 1. The number of aryl methyl sites for hydroxylation is 1. The van der Waals surface area contributed by atoms with Crippen LogP contribution in [0.4, 0.5) is 4.79 Å². The van der Waals surface area contributed by atoms with E-state index in [2.05, 4.69) is 5.32 Å². The van der Waals surface area contributed by atoms with Crippen LogP contribution in [0.5, 0.6) is 0 Å². The van der Waals surface area contributed by atoms with Crippen LogP contribution in [0.3, 0.4) is 0 Å². The number of esters is 1. The van der Waals surface area contributed by atoms with E-state index >= 15 is 0 Å². The number of carbonyl (C=O) groups excluding carboxylic acids is 3. The summed E-state index contributed by atoms with van der Waals surface area (Å²) in [6, 6.07) is 14.1. The Labute approximate surface area is 179 Å². The number of nitrogens with one attached hydrogen (secondary N) is 1. The van der Waals surface area contributed by atoms with Crippen LogP contribution < -0.4 is 5.32 Å². The molecule has 30 heavy (non-hydrogen) atoms. The number of carbonyl (C=O) groups is 3. The van der Waals surface area contributed by atoms with E-state index in [4.69, 9.17) is 25.8 Å². The standard InChI is InChI=1S/C22H22ClNO6/c1-15-9-17(7-8-18(15)23)19(25)12-29-20(26)10-22(13-28-14-22)24-21(27)30-11-16-5-3-2-4-6-16/h2-9H,10-14H2,1H3,(H,24,27). The average Bonchev–Trinajstić information content (AvgIpc) is 2.71. The predicted molar refractivity (Wildman–Crippen MR) is 109 cm³/mol. The van der Waals surface area contributed by atoms with Gasteiger partial charge in [-0.3, -0.25) is 9.59 Å². The second-order valence-electron chi connectivity index (χ2n) is 7.18. The summed E-state index contributed by atoms with van der Waals surface area (Å²) in [6.07, 6.45) is -0.775. The quantitative estimate of drug-likeness (QED) is 0.508. The number of halogens is 1. The minimum absolute atomic E-state index is 0.114. The summed E-state index contributed by atoms with van der Waals surface area (Å²) in [5, 5.41) is 3.23. The first-order chi connectivity index (χ1) is 14.4. The number of hydrogen-bond acceptors (Lipinski definition) is 6. The smallest absolute Gasteiger partial charge is 0.408 e. The van der Waals surface area contributed by atoms with Crippen molar-refractivity contribution in [1.82, 2.24) is 5.32 Å². The highest BCUT2D eigenvalue weighted by Crippen LogP contribution is 2.22. The van der Waals surface area contributed by atoms with Gasteiger partial charge in [-0.15, -0.1) is 0 Å². The van der Waals surface area contributed by atoms with Crippen LogP contribution in [0.25, 0.3) is 0 Å². The second-order valence-corrected chi connectivity index (χ2v) is 7.59. The van der Waals surface area contributed by atoms with E-state index in [1.807, 2.05) is 30.3 Å². The fraction of sp³-hybridized carbons (Fsp3) is 0.318. The molecule has 0 atom stereocenters. The van der Waals surface area contributed by atoms with Gasteiger partial charge in [0.25, 0.3) is 0 Å². The SMILES string of the molecule is Cc1cc(C(=O)COC(=O)CC2(NC(=O)OCc3ccccc3)COC2)ccc1Cl. The molecule has 0 spiro atoms. The van der Waals surface area contributed by atoms with Crippen molar-refractivity contribution in [3.05, 3.63) is 70.2 Å². The summed E-state index contributed by atoms with van der Waals surface area (Å²) in [7, 11) is 0. The first-order valence-electron chi connectivity index (χ1n) is 9.38. The molecule has 1 aliphatic rings. The minimum Gasteiger partial charge on any atom is -0.457 e. The van der Waals surface area contributed by atoms with Crippen LogP contribution in [-0.4, -0.2) is 43.2 Å². The van der Waals surface area contributed by atoms with Gasteiger partial charge in [0.05, 0.1) is 19.6 Å². The van der Waals surface area contributed by atoms with Crippen LogP contribution in [0.15, 0.2) is 48.5 Å². The number of rotatable bonds is 8. The van der Waals surface area contributed by atoms with Gasteiger partial charge >= 0.3 is 12.1 Å². The molecule has 1 heterocycles. The van der Waals surface area contributed by atoms with Gasteiger partial charge in [0.15, 0.2) is 12.4 Å². The van der Waals surface area contributed by atoms with Gasteiger partial charge in [0, 0.05) is 10.6 Å². The maximum absolute atomic E-state index is 12.2. The lowest BCUT2D eigenvalue weighted by Crippen LogP contribution is -2.63. The van der Waals surface area contributed by atoms with E-state index in [0.717, 1.165) is 11.1 Å². The fourth-order valence-corrected chi connectivity index (χ4v) is 3.03. The summed E-state index contributed by atoms with van der Waals surface area (Å²) in [6.45, 7) is 1.83. The Morgan fingerprint density at radius 3 is 2.47 bits per heavy atom. The number of ether oxygens (including phenoxy) is 3. The molecule has 0 aliphatic carbocycles. The van der Waals surface area contributed by atoms with Crippen LogP contribution in [0.1, 0.15) is 27.9 Å². The second kappa shape index (κ2) is 9.73. The normalized spacial score (nSPS) is 14.3. The average molecular weight is 432 g/mol. The zero-order chi connectivity index (χ0) is 21.6. The third-order valence-corrected chi connectivity index (χ3v) is 5.09. The Morgan fingerprint density at radius 1 is 1.10 bits per heavy atom. The number of ketones is 1. The highest BCUT2D eigenvalue weighted by atomic mass is 35.5. The molecule has 2 aromatic rings. The molecule has 1 amide bonds. The Kier molecular flexibility index (Phi) is 7.07. The molecule has 0 aromatic heterocycles. The summed E-state index contributed by atoms with van der Waals surface area (Å²) in [4.78, 5) is 36.6. The van der Waals surface area contributed by atoms with Gasteiger partial charge in [-0.1, -0.05) is 41.9 Å². The van der Waals surface area contributed by atoms with Crippen LogP contribution >= 0.6 is 11.6 Å². The van der Waals surface area contributed by atoms with Crippen molar-refractivity contribution in [1.29, 1.82) is 0 Å². The van der Waals surface area contributed by atoms with Crippen molar-refractivity contribution >= 4 is 29.4 Å². The van der Waals surface area contributed by atoms with Gasteiger partial charge in [0.2, 0.25) is 0 Å². The molecule has 8 heteroatoms. The van der Waals surface area contributed by atoms with Crippen LogP contribution in [0.2, 0.25) is 5.02 Å². The molecule has 158 valence electrons. The summed E-state index contributed by atoms with van der Waals surface area (Å²) < 4.78 is 15.5. The zero-order valence-corrected chi connectivity index (χ0v) is 17.2. The zero-order valence-electron chi connectivity index (χ0n) is 16.5. The Morgan fingerprint density at radius 2 is 1.83 bits per heavy atom. The van der Waals surface area contributed by atoms with Crippen LogP contribution in [0, 0.1) is 6.92 Å². The molecule has 7 nitrogen and oxygen atoms in total. The van der Waals surface area contributed by atoms with E-state index in [1.165, 1.54) is 0 Å². The first kappa shape index (κ1) is 21.8. The monoisotopic (exact) mass is 431 g/mol. The van der Waals surface area contributed by atoms with Crippen molar-refractivity contribution in [2.24, 2.45) is 0 Å². The predicted octanol–water partition coefficient (Wildman–Crippen LogP) is 3.46. The van der Waals surface area contributed by atoms with E-state index in [-0.39, 0.29) is 32.0 Å². The molecular weight excluding hydrogens is 410 g/mol. The van der Waals surface area contributed by atoms with Crippen LogP contribution in [-0.2, 0) is 25.6 Å². The Bertz CT molecular complexity index is 926. The van der Waals surface area contributed by atoms with Crippen molar-refractivity contribution in [2.75, 3.05) is 19.8 Å². The minimum atomic E-state index is -0.898. The number of amides is 1. The fourth-order valence-electron chi connectivity index (χ4n) is 2.92. The van der Waals surface area contributed by atoms with Gasteiger partial charge < -0.3 is 19.5 Å². The van der Waals surface area contributed by atoms with E-state index in [9.17, 15) is 14.4 Å². The number of Topliss-reactive ketones (excluding diaryl/α,β-unsaturated/α-hetero) is 1. The molecule has 2 aromatic carbocycles. The molecule has 1 saturated heterocycles. The lowest BCUT2D eigenvalue weighted by molar-refractivity contribution is -0.151. The van der Waals surface area contributed by atoms with Crippen molar-refractivity contribution < 1.29 is 28.6 Å². The molecule has 0 saturated carbocycles. The Hall–Kier alpha value is -2.90. The molecule has 1 fully saturated rings. The molecule has 0 unspecified atom stereocenters. The van der Waals surface area contributed by atoms with Gasteiger partial charge in [-0.05, 0) is 36.2 Å². The van der Waals surface area contributed by atoms with Gasteiger partial charge in [0.1, 0.15) is 12.1 Å². The van der Waals surface area contributed by atoms with Gasteiger partial charge in [-0.2, -0.15) is 0 Å². The maximum Gasteiger partial charge on any atom is 0.408 e. The Balaban J connectivity index is 1.47. The molecule has 3 rings (SSSR count). The topological polar surface area (TPSA) is 90.9 Å². The van der Waals surface area contributed by atoms with E-state index < -0.39 is 24.2 Å². The third-order valence-electron chi connectivity index (χ3n) is 4.66. The largest absolute Gasteiger partial charge is 0.457 e. The van der Waals surface area contributed by atoms with Gasteiger partial charge in [-0.25, -0.2) is 4.79 Å². The summed E-state index contributed by atoms with van der Waals surface area (Å²) >= 11 is 5.95. The molecule has 1 N–H and O–H groups in total. The maximum atomic E-state index is 12.2. The lowest BCUT2D eigenvalue weighted by atomic mass is 9.93. The van der Waals surface area contributed by atoms with E-state index in [0.29, 0.717) is 10.6 Å². The lowest BCUT2D eigenvalue weighted by Gasteiger charge is -2.40. The molecule has 0 bridgehead atoms.